The third-order valence-electron chi connectivity index (χ3n) is 3.77. The van der Waals surface area contributed by atoms with Crippen LogP contribution in [0.15, 0.2) is 48.5 Å². The number of rotatable bonds is 6. The molecule has 0 heterocycles. The molecule has 6 heteroatoms. The van der Waals surface area contributed by atoms with E-state index in [-0.39, 0.29) is 11.8 Å². The van der Waals surface area contributed by atoms with E-state index in [1.807, 2.05) is 25.1 Å². The molecule has 0 unspecified atom stereocenters. The molecule has 0 saturated heterocycles. The van der Waals surface area contributed by atoms with Gasteiger partial charge in [-0.2, -0.15) is 0 Å². The third kappa shape index (κ3) is 5.90. The number of amides is 2. The minimum absolute atomic E-state index is 0.0183. The second kappa shape index (κ2) is 9.41. The topological polar surface area (TPSA) is 49.4 Å². The van der Waals surface area contributed by atoms with Crippen molar-refractivity contribution in [2.24, 2.45) is 0 Å². The normalized spacial score (nSPS) is 10.8. The highest BCUT2D eigenvalue weighted by Crippen LogP contribution is 2.22. The van der Waals surface area contributed by atoms with Crippen molar-refractivity contribution in [3.8, 4) is 0 Å². The summed E-state index contributed by atoms with van der Waals surface area (Å²) in [6.45, 7) is 4.61. The lowest BCUT2D eigenvalue weighted by molar-refractivity contribution is -0.129. The summed E-state index contributed by atoms with van der Waals surface area (Å²) in [7, 11) is 0. The Bertz CT molecular complexity index is 834. The standard InChI is InChI=1S/C20H20Cl2N2O2/c1-3-24(14(2)25)13-15-5-4-6-18(11-15)23-20(26)10-8-16-7-9-17(21)12-19(16)22/h4-12H,3,13H2,1-2H3,(H,23,26)/b10-8+. The minimum atomic E-state index is -0.271. The fourth-order valence-electron chi connectivity index (χ4n) is 2.40. The number of carbonyl (C=O) groups is 2. The van der Waals surface area contributed by atoms with Crippen molar-refractivity contribution in [2.75, 3.05) is 11.9 Å². The fraction of sp³-hybridized carbons (Fsp3) is 0.200. The molecule has 0 aliphatic rings. The Morgan fingerprint density at radius 1 is 1.15 bits per heavy atom. The summed E-state index contributed by atoms with van der Waals surface area (Å²) in [5.74, 6) is -0.253. The van der Waals surface area contributed by atoms with Crippen LogP contribution < -0.4 is 5.32 Å². The first-order chi connectivity index (χ1) is 12.4. The summed E-state index contributed by atoms with van der Waals surface area (Å²) in [6.07, 6.45) is 3.04. The second-order valence-corrected chi connectivity index (χ2v) is 6.57. The first-order valence-corrected chi connectivity index (χ1v) is 8.93. The quantitative estimate of drug-likeness (QED) is 0.704. The largest absolute Gasteiger partial charge is 0.339 e. The van der Waals surface area contributed by atoms with Gasteiger partial charge in [0.25, 0.3) is 0 Å². The molecule has 0 atom stereocenters. The van der Waals surface area contributed by atoms with Crippen LogP contribution in [0.4, 0.5) is 5.69 Å². The Morgan fingerprint density at radius 2 is 1.92 bits per heavy atom. The van der Waals surface area contributed by atoms with Crippen LogP contribution in [0.5, 0.6) is 0 Å². The molecule has 0 radical (unpaired) electrons. The van der Waals surface area contributed by atoms with Crippen LogP contribution >= 0.6 is 23.2 Å². The zero-order valence-electron chi connectivity index (χ0n) is 14.6. The van der Waals surface area contributed by atoms with Crippen LogP contribution in [0, 0.1) is 0 Å². The molecule has 0 fully saturated rings. The predicted molar refractivity (Wildman–Crippen MR) is 107 cm³/mol. The summed E-state index contributed by atoms with van der Waals surface area (Å²) in [4.78, 5) is 25.4. The van der Waals surface area contributed by atoms with Gasteiger partial charge in [0.2, 0.25) is 11.8 Å². The van der Waals surface area contributed by atoms with Gasteiger partial charge in [0.05, 0.1) is 0 Å². The first-order valence-electron chi connectivity index (χ1n) is 8.17. The minimum Gasteiger partial charge on any atom is -0.339 e. The third-order valence-corrected chi connectivity index (χ3v) is 4.33. The highest BCUT2D eigenvalue weighted by molar-refractivity contribution is 6.35. The molecule has 1 N–H and O–H groups in total. The van der Waals surface area contributed by atoms with Crippen molar-refractivity contribution >= 4 is 46.8 Å². The van der Waals surface area contributed by atoms with Crippen LogP contribution in [-0.2, 0) is 16.1 Å². The number of carbonyl (C=O) groups excluding carboxylic acids is 2. The summed E-state index contributed by atoms with van der Waals surface area (Å²) in [6, 6.07) is 12.5. The molecule has 26 heavy (non-hydrogen) atoms. The number of halogens is 2. The molecule has 0 aliphatic carbocycles. The van der Waals surface area contributed by atoms with Gasteiger partial charge in [0, 0.05) is 41.8 Å². The monoisotopic (exact) mass is 390 g/mol. The van der Waals surface area contributed by atoms with Crippen LogP contribution in [0.25, 0.3) is 6.08 Å². The number of hydrogen-bond donors (Lipinski definition) is 1. The van der Waals surface area contributed by atoms with E-state index in [0.29, 0.717) is 34.4 Å². The van der Waals surface area contributed by atoms with Gasteiger partial charge >= 0.3 is 0 Å². The molecule has 4 nitrogen and oxygen atoms in total. The number of anilines is 1. The van der Waals surface area contributed by atoms with Crippen LogP contribution in [-0.4, -0.2) is 23.3 Å². The molecular formula is C20H20Cl2N2O2. The Labute approximate surface area is 163 Å². The molecule has 136 valence electrons. The van der Waals surface area contributed by atoms with E-state index in [0.717, 1.165) is 5.56 Å². The SMILES string of the molecule is CCN(Cc1cccc(NC(=O)/C=C/c2ccc(Cl)cc2Cl)c1)C(C)=O. The van der Waals surface area contributed by atoms with Crippen molar-refractivity contribution in [3.63, 3.8) is 0 Å². The lowest BCUT2D eigenvalue weighted by Gasteiger charge is -2.19. The molecule has 0 saturated carbocycles. The van der Waals surface area contributed by atoms with Gasteiger partial charge in [0.15, 0.2) is 0 Å². The molecule has 2 aromatic rings. The molecule has 2 aromatic carbocycles. The number of nitrogens with one attached hydrogen (secondary N) is 1. The van der Waals surface area contributed by atoms with E-state index in [4.69, 9.17) is 23.2 Å². The predicted octanol–water partition coefficient (Wildman–Crippen LogP) is 5.01. The van der Waals surface area contributed by atoms with Gasteiger partial charge in [-0.3, -0.25) is 9.59 Å². The molecule has 0 aromatic heterocycles. The van der Waals surface area contributed by atoms with Crippen LogP contribution in [0.2, 0.25) is 10.0 Å². The van der Waals surface area contributed by atoms with Gasteiger partial charge in [0.1, 0.15) is 0 Å². The Hall–Kier alpha value is -2.30. The molecule has 2 amide bonds. The van der Waals surface area contributed by atoms with E-state index in [9.17, 15) is 9.59 Å². The van der Waals surface area contributed by atoms with E-state index >= 15 is 0 Å². The maximum atomic E-state index is 12.1. The van der Waals surface area contributed by atoms with E-state index < -0.39 is 0 Å². The number of hydrogen-bond acceptors (Lipinski definition) is 2. The average molecular weight is 391 g/mol. The van der Waals surface area contributed by atoms with Gasteiger partial charge in [-0.25, -0.2) is 0 Å². The van der Waals surface area contributed by atoms with Crippen molar-refractivity contribution in [3.05, 3.63) is 69.7 Å². The first kappa shape index (κ1) is 20.0. The van der Waals surface area contributed by atoms with Gasteiger partial charge in [-0.15, -0.1) is 0 Å². The van der Waals surface area contributed by atoms with Gasteiger partial charge < -0.3 is 10.2 Å². The van der Waals surface area contributed by atoms with Crippen molar-refractivity contribution in [1.29, 1.82) is 0 Å². The Morgan fingerprint density at radius 3 is 2.58 bits per heavy atom. The lowest BCUT2D eigenvalue weighted by Crippen LogP contribution is -2.27. The Kier molecular flexibility index (Phi) is 7.25. The van der Waals surface area contributed by atoms with Crippen molar-refractivity contribution < 1.29 is 9.59 Å². The summed E-state index contributed by atoms with van der Waals surface area (Å²) in [5, 5.41) is 3.83. The Balaban J connectivity index is 2.03. The van der Waals surface area contributed by atoms with Crippen molar-refractivity contribution in [2.45, 2.75) is 20.4 Å². The highest BCUT2D eigenvalue weighted by atomic mass is 35.5. The molecule has 2 rings (SSSR count). The number of benzene rings is 2. The zero-order valence-corrected chi connectivity index (χ0v) is 16.1. The van der Waals surface area contributed by atoms with E-state index in [1.54, 1.807) is 42.2 Å². The second-order valence-electron chi connectivity index (χ2n) is 5.72. The average Bonchev–Trinajstić information content (AvgIpc) is 2.59. The molecule has 0 spiro atoms. The van der Waals surface area contributed by atoms with Crippen LogP contribution in [0.3, 0.4) is 0 Å². The molecule has 0 aliphatic heterocycles. The summed E-state index contributed by atoms with van der Waals surface area (Å²) >= 11 is 11.9. The lowest BCUT2D eigenvalue weighted by atomic mass is 10.1. The maximum absolute atomic E-state index is 12.1. The fourth-order valence-corrected chi connectivity index (χ4v) is 2.87. The summed E-state index contributed by atoms with van der Waals surface area (Å²) in [5.41, 5.74) is 2.32. The highest BCUT2D eigenvalue weighted by Gasteiger charge is 2.07. The van der Waals surface area contributed by atoms with E-state index in [1.165, 1.54) is 6.08 Å². The van der Waals surface area contributed by atoms with Crippen molar-refractivity contribution in [1.82, 2.24) is 4.90 Å². The number of nitrogens with zero attached hydrogens (tertiary/aromatic N) is 1. The van der Waals surface area contributed by atoms with Crippen LogP contribution in [0.1, 0.15) is 25.0 Å². The van der Waals surface area contributed by atoms with Gasteiger partial charge in [-0.05, 0) is 48.4 Å². The van der Waals surface area contributed by atoms with E-state index in [2.05, 4.69) is 5.32 Å². The zero-order chi connectivity index (χ0) is 19.1. The smallest absolute Gasteiger partial charge is 0.248 e. The van der Waals surface area contributed by atoms with Gasteiger partial charge in [-0.1, -0.05) is 41.4 Å². The molecular weight excluding hydrogens is 371 g/mol. The summed E-state index contributed by atoms with van der Waals surface area (Å²) < 4.78 is 0. The maximum Gasteiger partial charge on any atom is 0.248 e. The molecule has 0 bridgehead atoms.